The minimum Gasteiger partial charge on any atom is -0.315 e. The van der Waals surface area contributed by atoms with Gasteiger partial charge in [-0.25, -0.2) is 8.42 Å². The molecule has 0 aliphatic carbocycles. The molecule has 0 bridgehead atoms. The first kappa shape index (κ1) is 15.0. The first-order chi connectivity index (χ1) is 10.1. The molecule has 0 aromatic heterocycles. The third-order valence-corrected chi connectivity index (χ3v) is 6.63. The fraction of sp³-hybridized carbons (Fsp3) is 0.625. The molecule has 2 fully saturated rings. The van der Waals surface area contributed by atoms with Gasteiger partial charge in [-0.3, -0.25) is 0 Å². The van der Waals surface area contributed by atoms with Crippen LogP contribution in [0.1, 0.15) is 31.7 Å². The van der Waals surface area contributed by atoms with E-state index in [4.69, 9.17) is 0 Å². The maximum atomic E-state index is 12.9. The zero-order chi connectivity index (χ0) is 14.9. The summed E-state index contributed by atoms with van der Waals surface area (Å²) < 4.78 is 27.5. The molecule has 2 heterocycles. The van der Waals surface area contributed by atoms with Crippen molar-refractivity contribution in [1.82, 2.24) is 9.62 Å². The molecular weight excluding hydrogens is 284 g/mol. The Bertz CT molecular complexity index is 583. The molecule has 0 spiro atoms. The minimum absolute atomic E-state index is 0.138. The molecule has 3 rings (SSSR count). The van der Waals surface area contributed by atoms with Gasteiger partial charge in [-0.2, -0.15) is 4.31 Å². The predicted octanol–water partition coefficient (Wildman–Crippen LogP) is 2.01. The fourth-order valence-corrected chi connectivity index (χ4v) is 5.30. The summed E-state index contributed by atoms with van der Waals surface area (Å²) in [5.41, 5.74) is 1.20. The lowest BCUT2D eigenvalue weighted by Gasteiger charge is -2.35. The summed E-state index contributed by atoms with van der Waals surface area (Å²) in [5, 5.41) is 3.34. The summed E-state index contributed by atoms with van der Waals surface area (Å²) in [4.78, 5) is 0.440. The Morgan fingerprint density at radius 1 is 1.24 bits per heavy atom. The standard InChI is InChI=1S/C16H24N2O2S/c1-2-4-13-6-8-15(9-7-13)21(19,20)18-10-3-5-14-11-17-12-16(14)18/h6-9,14,16-17H,2-5,10-12H2,1H3. The highest BCUT2D eigenvalue weighted by Crippen LogP contribution is 2.31. The lowest BCUT2D eigenvalue weighted by molar-refractivity contribution is 0.217. The third kappa shape index (κ3) is 2.87. The van der Waals surface area contributed by atoms with Crippen LogP contribution >= 0.6 is 0 Å². The average molecular weight is 308 g/mol. The van der Waals surface area contributed by atoms with Crippen LogP contribution in [0.15, 0.2) is 29.2 Å². The summed E-state index contributed by atoms with van der Waals surface area (Å²) in [7, 11) is -3.35. The summed E-state index contributed by atoms with van der Waals surface area (Å²) >= 11 is 0. The maximum Gasteiger partial charge on any atom is 0.243 e. The molecule has 5 heteroatoms. The van der Waals surface area contributed by atoms with E-state index in [9.17, 15) is 8.42 Å². The Hall–Kier alpha value is -0.910. The molecule has 21 heavy (non-hydrogen) atoms. The van der Waals surface area contributed by atoms with Crippen molar-refractivity contribution in [1.29, 1.82) is 0 Å². The van der Waals surface area contributed by atoms with E-state index in [1.54, 1.807) is 16.4 Å². The third-order valence-electron chi connectivity index (χ3n) is 4.70. The number of aryl methyl sites for hydroxylation is 1. The molecule has 2 aliphatic heterocycles. The number of fused-ring (bicyclic) bond motifs is 1. The fourth-order valence-electron chi connectivity index (χ4n) is 3.58. The lowest BCUT2D eigenvalue weighted by atomic mass is 9.94. The summed E-state index contributed by atoms with van der Waals surface area (Å²) in [6.07, 6.45) is 4.18. The van der Waals surface area contributed by atoms with Crippen LogP contribution in [0.2, 0.25) is 0 Å². The van der Waals surface area contributed by atoms with Crippen LogP contribution in [0.3, 0.4) is 0 Å². The topological polar surface area (TPSA) is 49.4 Å². The van der Waals surface area contributed by atoms with E-state index in [0.29, 0.717) is 17.4 Å². The van der Waals surface area contributed by atoms with Crippen molar-refractivity contribution >= 4 is 10.0 Å². The number of rotatable bonds is 4. The first-order valence-corrected chi connectivity index (χ1v) is 9.38. The van der Waals surface area contributed by atoms with Crippen LogP contribution in [0.4, 0.5) is 0 Å². The number of sulfonamides is 1. The highest BCUT2D eigenvalue weighted by atomic mass is 32.2. The molecule has 4 nitrogen and oxygen atoms in total. The average Bonchev–Trinajstić information content (AvgIpc) is 2.96. The number of nitrogens with one attached hydrogen (secondary N) is 1. The Balaban J connectivity index is 1.85. The second-order valence-electron chi connectivity index (χ2n) is 6.14. The molecule has 0 amide bonds. The van der Waals surface area contributed by atoms with Gasteiger partial charge in [0.15, 0.2) is 0 Å². The van der Waals surface area contributed by atoms with E-state index in [-0.39, 0.29) is 6.04 Å². The van der Waals surface area contributed by atoms with Gasteiger partial charge in [-0.15, -0.1) is 0 Å². The number of hydrogen-bond acceptors (Lipinski definition) is 3. The minimum atomic E-state index is -3.35. The molecule has 1 N–H and O–H groups in total. The number of nitrogens with zero attached hydrogens (tertiary/aromatic N) is 1. The Morgan fingerprint density at radius 2 is 2.00 bits per heavy atom. The monoisotopic (exact) mass is 308 g/mol. The highest BCUT2D eigenvalue weighted by molar-refractivity contribution is 7.89. The van der Waals surface area contributed by atoms with Crippen molar-refractivity contribution in [3.8, 4) is 0 Å². The van der Waals surface area contributed by atoms with Gasteiger partial charge in [-0.05, 0) is 49.4 Å². The van der Waals surface area contributed by atoms with Crippen LogP contribution in [0.25, 0.3) is 0 Å². The summed E-state index contributed by atoms with van der Waals surface area (Å²) in [6, 6.07) is 7.58. The summed E-state index contributed by atoms with van der Waals surface area (Å²) in [6.45, 7) is 4.53. The Morgan fingerprint density at radius 3 is 2.71 bits per heavy atom. The first-order valence-electron chi connectivity index (χ1n) is 7.94. The van der Waals surface area contributed by atoms with Crippen molar-refractivity contribution in [2.45, 2.75) is 43.5 Å². The van der Waals surface area contributed by atoms with Gasteiger partial charge < -0.3 is 5.32 Å². The van der Waals surface area contributed by atoms with Gasteiger partial charge in [0.1, 0.15) is 0 Å². The molecular formula is C16H24N2O2S. The molecule has 0 saturated carbocycles. The van der Waals surface area contributed by atoms with Crippen molar-refractivity contribution < 1.29 is 8.42 Å². The molecule has 2 atom stereocenters. The van der Waals surface area contributed by atoms with Crippen LogP contribution < -0.4 is 5.32 Å². The van der Waals surface area contributed by atoms with E-state index >= 15 is 0 Å². The van der Waals surface area contributed by atoms with E-state index in [1.165, 1.54) is 5.56 Å². The lowest BCUT2D eigenvalue weighted by Crippen LogP contribution is -2.48. The zero-order valence-electron chi connectivity index (χ0n) is 12.6. The summed E-state index contributed by atoms with van der Waals surface area (Å²) in [5.74, 6) is 0.480. The number of hydrogen-bond donors (Lipinski definition) is 1. The van der Waals surface area contributed by atoms with Gasteiger partial charge in [0.2, 0.25) is 10.0 Å². The van der Waals surface area contributed by atoms with Gasteiger partial charge >= 0.3 is 0 Å². The largest absolute Gasteiger partial charge is 0.315 e. The normalized spacial score (nSPS) is 26.7. The van der Waals surface area contributed by atoms with Crippen molar-refractivity contribution in [3.05, 3.63) is 29.8 Å². The molecule has 0 radical (unpaired) electrons. The van der Waals surface area contributed by atoms with E-state index in [2.05, 4.69) is 12.2 Å². The van der Waals surface area contributed by atoms with Gasteiger partial charge in [0.25, 0.3) is 0 Å². The van der Waals surface area contributed by atoms with E-state index in [1.807, 2.05) is 12.1 Å². The highest BCUT2D eigenvalue weighted by Gasteiger charge is 2.41. The number of piperidine rings is 1. The second-order valence-corrected chi connectivity index (χ2v) is 8.03. The van der Waals surface area contributed by atoms with Gasteiger partial charge in [-0.1, -0.05) is 25.5 Å². The van der Waals surface area contributed by atoms with Crippen LogP contribution in [-0.2, 0) is 16.4 Å². The molecule has 2 unspecified atom stereocenters. The van der Waals surface area contributed by atoms with Crippen molar-refractivity contribution in [3.63, 3.8) is 0 Å². The molecule has 2 aliphatic rings. The van der Waals surface area contributed by atoms with Crippen molar-refractivity contribution in [2.75, 3.05) is 19.6 Å². The molecule has 2 saturated heterocycles. The maximum absolute atomic E-state index is 12.9. The molecule has 1 aromatic rings. The van der Waals surface area contributed by atoms with Crippen molar-refractivity contribution in [2.24, 2.45) is 5.92 Å². The number of benzene rings is 1. The predicted molar refractivity (Wildman–Crippen MR) is 83.7 cm³/mol. The quantitative estimate of drug-likeness (QED) is 0.926. The van der Waals surface area contributed by atoms with E-state index < -0.39 is 10.0 Å². The Labute approximate surface area is 127 Å². The van der Waals surface area contributed by atoms with Crippen LogP contribution in [0.5, 0.6) is 0 Å². The smallest absolute Gasteiger partial charge is 0.243 e. The zero-order valence-corrected chi connectivity index (χ0v) is 13.4. The van der Waals surface area contributed by atoms with Gasteiger partial charge in [0.05, 0.1) is 4.90 Å². The van der Waals surface area contributed by atoms with E-state index in [0.717, 1.165) is 38.8 Å². The molecule has 116 valence electrons. The van der Waals surface area contributed by atoms with Gasteiger partial charge in [0, 0.05) is 19.1 Å². The second kappa shape index (κ2) is 6.07. The van der Waals surface area contributed by atoms with Crippen LogP contribution in [-0.4, -0.2) is 38.4 Å². The molecule has 1 aromatic carbocycles. The van der Waals surface area contributed by atoms with Crippen LogP contribution in [0, 0.1) is 5.92 Å². The SMILES string of the molecule is CCCc1ccc(S(=O)(=O)N2CCCC3CNCC32)cc1. The Kier molecular flexibility index (Phi) is 4.33.